The van der Waals surface area contributed by atoms with Gasteiger partial charge in [-0.1, -0.05) is 55.5 Å². The highest BCUT2D eigenvalue weighted by Gasteiger charge is 2.49. The summed E-state index contributed by atoms with van der Waals surface area (Å²) in [6, 6.07) is 16.6. The van der Waals surface area contributed by atoms with Crippen molar-refractivity contribution in [2.24, 2.45) is 5.92 Å². The largest absolute Gasteiger partial charge is 0.325 e. The van der Waals surface area contributed by atoms with Gasteiger partial charge in [-0.15, -0.1) is 0 Å². The number of hydrogen-bond donors (Lipinski definition) is 1. The standard InChI is InChI=1S/C19H17NO/c1-12-11-15(13-7-4-3-5-8-13)14-9-6-10-16-17(14)19(12,2)18(21)20-16/h3-12H,1-2H3,(H,20,21)/t12-,19-/m1/s1. The van der Waals surface area contributed by atoms with Crippen molar-refractivity contribution in [2.45, 2.75) is 19.3 Å². The lowest BCUT2D eigenvalue weighted by atomic mass is 9.66. The van der Waals surface area contributed by atoms with Crippen molar-refractivity contribution in [1.29, 1.82) is 0 Å². The lowest BCUT2D eigenvalue weighted by molar-refractivity contribution is -0.121. The van der Waals surface area contributed by atoms with E-state index in [9.17, 15) is 4.79 Å². The van der Waals surface area contributed by atoms with Crippen LogP contribution in [0.15, 0.2) is 54.6 Å². The number of benzene rings is 2. The molecule has 0 saturated heterocycles. The van der Waals surface area contributed by atoms with E-state index in [1.807, 2.05) is 18.2 Å². The van der Waals surface area contributed by atoms with Crippen LogP contribution in [0.4, 0.5) is 5.69 Å². The number of hydrogen-bond acceptors (Lipinski definition) is 1. The second-order valence-electron chi connectivity index (χ2n) is 6.12. The minimum absolute atomic E-state index is 0.112. The Labute approximate surface area is 124 Å². The molecule has 1 N–H and O–H groups in total. The van der Waals surface area contributed by atoms with Gasteiger partial charge in [0.2, 0.25) is 5.91 Å². The summed E-state index contributed by atoms with van der Waals surface area (Å²) >= 11 is 0. The SMILES string of the molecule is C[C@@H]1C=C(c2ccccc2)c2cccc3c2[C@]1(C)C(=O)N3. The van der Waals surface area contributed by atoms with E-state index in [-0.39, 0.29) is 11.8 Å². The van der Waals surface area contributed by atoms with Crippen LogP contribution in [-0.2, 0) is 10.2 Å². The first-order chi connectivity index (χ1) is 10.1. The van der Waals surface area contributed by atoms with E-state index < -0.39 is 5.41 Å². The first-order valence-electron chi connectivity index (χ1n) is 7.35. The van der Waals surface area contributed by atoms with Crippen LogP contribution < -0.4 is 5.32 Å². The van der Waals surface area contributed by atoms with Gasteiger partial charge in [0.1, 0.15) is 0 Å². The van der Waals surface area contributed by atoms with Crippen LogP contribution in [0.5, 0.6) is 0 Å². The number of carbonyl (C=O) groups excluding carboxylic acids is 1. The normalized spacial score (nSPS) is 26.1. The number of amides is 1. The minimum atomic E-state index is -0.454. The zero-order valence-electron chi connectivity index (χ0n) is 12.2. The zero-order chi connectivity index (χ0) is 14.6. The molecule has 0 radical (unpaired) electrons. The number of nitrogens with one attached hydrogen (secondary N) is 1. The molecular formula is C19H17NO. The Hall–Kier alpha value is -2.35. The lowest BCUT2D eigenvalue weighted by Gasteiger charge is -2.34. The lowest BCUT2D eigenvalue weighted by Crippen LogP contribution is -2.39. The third kappa shape index (κ3) is 1.50. The first-order valence-corrected chi connectivity index (χ1v) is 7.35. The fourth-order valence-electron chi connectivity index (χ4n) is 3.62. The predicted octanol–water partition coefficient (Wildman–Crippen LogP) is 3.98. The molecular weight excluding hydrogens is 258 g/mol. The molecule has 2 heteroatoms. The van der Waals surface area contributed by atoms with Crippen molar-refractivity contribution in [1.82, 2.24) is 0 Å². The summed E-state index contributed by atoms with van der Waals surface area (Å²) < 4.78 is 0. The van der Waals surface area contributed by atoms with Crippen molar-refractivity contribution < 1.29 is 4.79 Å². The Morgan fingerprint density at radius 3 is 2.57 bits per heavy atom. The average molecular weight is 275 g/mol. The van der Waals surface area contributed by atoms with Gasteiger partial charge in [0, 0.05) is 5.69 Å². The quantitative estimate of drug-likeness (QED) is 0.838. The maximum atomic E-state index is 12.5. The summed E-state index contributed by atoms with van der Waals surface area (Å²) in [6.07, 6.45) is 2.24. The van der Waals surface area contributed by atoms with E-state index >= 15 is 0 Å². The molecule has 2 aliphatic rings. The smallest absolute Gasteiger partial charge is 0.235 e. The van der Waals surface area contributed by atoms with Gasteiger partial charge in [0.25, 0.3) is 0 Å². The molecule has 2 nitrogen and oxygen atoms in total. The van der Waals surface area contributed by atoms with Crippen LogP contribution in [0.1, 0.15) is 30.5 Å². The molecule has 0 saturated carbocycles. The van der Waals surface area contributed by atoms with Crippen LogP contribution in [0.2, 0.25) is 0 Å². The molecule has 1 aliphatic carbocycles. The Morgan fingerprint density at radius 1 is 1.05 bits per heavy atom. The van der Waals surface area contributed by atoms with Gasteiger partial charge in [0.15, 0.2) is 0 Å². The Morgan fingerprint density at radius 2 is 1.81 bits per heavy atom. The summed E-state index contributed by atoms with van der Waals surface area (Å²) in [5.41, 5.74) is 5.28. The van der Waals surface area contributed by atoms with E-state index in [1.54, 1.807) is 0 Å². The molecule has 2 aromatic carbocycles. The molecule has 4 rings (SSSR count). The van der Waals surface area contributed by atoms with Gasteiger partial charge in [-0.3, -0.25) is 4.79 Å². The van der Waals surface area contributed by atoms with Gasteiger partial charge >= 0.3 is 0 Å². The van der Waals surface area contributed by atoms with E-state index in [4.69, 9.17) is 0 Å². The highest BCUT2D eigenvalue weighted by Crippen LogP contribution is 2.51. The average Bonchev–Trinajstić information content (AvgIpc) is 2.78. The second kappa shape index (κ2) is 4.08. The molecule has 0 unspecified atom stereocenters. The van der Waals surface area contributed by atoms with E-state index in [2.05, 4.69) is 55.6 Å². The zero-order valence-corrected chi connectivity index (χ0v) is 12.2. The molecule has 2 atom stereocenters. The van der Waals surface area contributed by atoms with Gasteiger partial charge in [-0.25, -0.2) is 0 Å². The van der Waals surface area contributed by atoms with Gasteiger partial charge < -0.3 is 5.32 Å². The summed E-state index contributed by atoms with van der Waals surface area (Å²) in [6.45, 7) is 4.19. The molecule has 1 heterocycles. The monoisotopic (exact) mass is 275 g/mol. The molecule has 0 aromatic heterocycles. The molecule has 1 aliphatic heterocycles. The molecule has 0 fully saturated rings. The number of rotatable bonds is 1. The van der Waals surface area contributed by atoms with Gasteiger partial charge in [-0.2, -0.15) is 0 Å². The summed E-state index contributed by atoms with van der Waals surface area (Å²) in [5.74, 6) is 0.282. The van der Waals surface area contributed by atoms with E-state index in [0.717, 1.165) is 11.3 Å². The van der Waals surface area contributed by atoms with Crippen molar-refractivity contribution in [3.8, 4) is 0 Å². The number of allylic oxidation sites excluding steroid dienone is 1. The van der Waals surface area contributed by atoms with Gasteiger partial charge in [0.05, 0.1) is 5.41 Å². The molecule has 21 heavy (non-hydrogen) atoms. The van der Waals surface area contributed by atoms with E-state index in [0.29, 0.717) is 0 Å². The summed E-state index contributed by atoms with van der Waals surface area (Å²) in [5, 5.41) is 3.05. The maximum absolute atomic E-state index is 12.5. The predicted molar refractivity (Wildman–Crippen MR) is 85.1 cm³/mol. The van der Waals surface area contributed by atoms with Crippen molar-refractivity contribution in [2.75, 3.05) is 5.32 Å². The second-order valence-corrected chi connectivity index (χ2v) is 6.12. The fraction of sp³-hybridized carbons (Fsp3) is 0.211. The van der Waals surface area contributed by atoms with Gasteiger partial charge in [-0.05, 0) is 41.2 Å². The molecule has 1 amide bonds. The highest BCUT2D eigenvalue weighted by atomic mass is 16.2. The minimum Gasteiger partial charge on any atom is -0.325 e. The van der Waals surface area contributed by atoms with Crippen molar-refractivity contribution in [3.05, 3.63) is 71.3 Å². The maximum Gasteiger partial charge on any atom is 0.235 e. The Bertz CT molecular complexity index is 775. The van der Waals surface area contributed by atoms with Crippen molar-refractivity contribution in [3.63, 3.8) is 0 Å². The molecule has 0 spiro atoms. The third-order valence-electron chi connectivity index (χ3n) is 5.01. The van der Waals surface area contributed by atoms with Crippen molar-refractivity contribution >= 4 is 17.2 Å². The Kier molecular flexibility index (Phi) is 2.41. The first kappa shape index (κ1) is 12.4. The molecule has 0 bridgehead atoms. The van der Waals surface area contributed by atoms with Crippen LogP contribution in [0.25, 0.3) is 5.57 Å². The van der Waals surface area contributed by atoms with E-state index in [1.165, 1.54) is 16.7 Å². The van der Waals surface area contributed by atoms with Crippen LogP contribution >= 0.6 is 0 Å². The molecule has 2 aromatic rings. The summed E-state index contributed by atoms with van der Waals surface area (Å²) in [7, 11) is 0. The Balaban J connectivity index is 2.02. The highest BCUT2D eigenvalue weighted by molar-refractivity contribution is 6.09. The van der Waals surface area contributed by atoms with Crippen LogP contribution in [0, 0.1) is 5.92 Å². The fourth-order valence-corrected chi connectivity index (χ4v) is 3.62. The number of anilines is 1. The summed E-state index contributed by atoms with van der Waals surface area (Å²) in [4.78, 5) is 12.5. The third-order valence-corrected chi connectivity index (χ3v) is 5.01. The molecule has 104 valence electrons. The van der Waals surface area contributed by atoms with Crippen LogP contribution in [0.3, 0.4) is 0 Å². The topological polar surface area (TPSA) is 29.1 Å². The van der Waals surface area contributed by atoms with Crippen LogP contribution in [-0.4, -0.2) is 5.91 Å². The number of carbonyl (C=O) groups is 1.